The smallest absolute Gasteiger partial charge is 0.0786 e. The summed E-state index contributed by atoms with van der Waals surface area (Å²) in [5.74, 6) is 0. The fraction of sp³-hybridized carbons (Fsp3) is 0.600. The van der Waals surface area contributed by atoms with Crippen LogP contribution in [0.15, 0.2) is 18.2 Å². The first-order valence-electron chi connectivity index (χ1n) is 6.78. The highest BCUT2D eigenvalue weighted by Gasteiger charge is 2.10. The molecule has 0 aromatic heterocycles. The van der Waals surface area contributed by atoms with Gasteiger partial charge in [-0.15, -0.1) is 0 Å². The molecule has 0 fully saturated rings. The predicted octanol–water partition coefficient (Wildman–Crippen LogP) is 4.79. The Morgan fingerprint density at radius 3 is 2.61 bits per heavy atom. The normalized spacial score (nSPS) is 12.3. The van der Waals surface area contributed by atoms with Gasteiger partial charge in [-0.05, 0) is 25.5 Å². The molecule has 102 valence electrons. The molecule has 18 heavy (non-hydrogen) atoms. The average molecular weight is 269 g/mol. The zero-order valence-electron chi connectivity index (χ0n) is 12.0. The molecule has 0 aliphatic rings. The predicted molar refractivity (Wildman–Crippen MR) is 83.0 cm³/mol. The van der Waals surface area contributed by atoms with Crippen LogP contribution >= 0.6 is 11.6 Å². The standard InChI is InChI=1S/C15H25ClN2/c1-5-6-7-9-12(2)17-14-11-8-10-13(16)15(14)18(3)4/h8,10-12,17H,5-7,9H2,1-4H3. The summed E-state index contributed by atoms with van der Waals surface area (Å²) in [6.45, 7) is 4.47. The van der Waals surface area contributed by atoms with Gasteiger partial charge < -0.3 is 10.2 Å². The lowest BCUT2D eigenvalue weighted by Gasteiger charge is -2.23. The lowest BCUT2D eigenvalue weighted by molar-refractivity contribution is 0.615. The molecule has 1 aromatic rings. The molecule has 0 saturated carbocycles. The van der Waals surface area contributed by atoms with E-state index < -0.39 is 0 Å². The summed E-state index contributed by atoms with van der Waals surface area (Å²) in [7, 11) is 4.04. The Morgan fingerprint density at radius 2 is 2.00 bits per heavy atom. The van der Waals surface area contributed by atoms with E-state index in [1.807, 2.05) is 26.2 Å². The molecule has 1 unspecified atom stereocenters. The van der Waals surface area contributed by atoms with E-state index in [4.69, 9.17) is 11.6 Å². The molecule has 0 aliphatic heterocycles. The van der Waals surface area contributed by atoms with Crippen molar-refractivity contribution in [3.8, 4) is 0 Å². The summed E-state index contributed by atoms with van der Waals surface area (Å²) < 4.78 is 0. The molecular formula is C15H25ClN2. The van der Waals surface area contributed by atoms with E-state index in [2.05, 4.69) is 30.1 Å². The van der Waals surface area contributed by atoms with Crippen molar-refractivity contribution in [1.29, 1.82) is 0 Å². The maximum absolute atomic E-state index is 6.25. The molecule has 1 rings (SSSR count). The Kier molecular flexibility index (Phi) is 6.34. The molecule has 0 amide bonds. The van der Waals surface area contributed by atoms with Crippen LogP contribution in [0.3, 0.4) is 0 Å². The largest absolute Gasteiger partial charge is 0.381 e. The Hall–Kier alpha value is -0.890. The quantitative estimate of drug-likeness (QED) is 0.716. The highest BCUT2D eigenvalue weighted by Crippen LogP contribution is 2.33. The van der Waals surface area contributed by atoms with Crippen LogP contribution in [0, 0.1) is 0 Å². The Labute approximate surface area is 116 Å². The van der Waals surface area contributed by atoms with Crippen molar-refractivity contribution in [2.24, 2.45) is 0 Å². The van der Waals surface area contributed by atoms with Crippen LogP contribution in [0.4, 0.5) is 11.4 Å². The third-order valence-corrected chi connectivity index (χ3v) is 3.38. The van der Waals surface area contributed by atoms with Gasteiger partial charge in [-0.25, -0.2) is 0 Å². The summed E-state index contributed by atoms with van der Waals surface area (Å²) in [4.78, 5) is 2.06. The van der Waals surface area contributed by atoms with Crippen LogP contribution in [0.1, 0.15) is 39.5 Å². The maximum atomic E-state index is 6.25. The monoisotopic (exact) mass is 268 g/mol. The molecule has 0 heterocycles. The Bertz CT molecular complexity index is 364. The first kappa shape index (κ1) is 15.2. The second kappa shape index (κ2) is 7.52. The second-order valence-corrected chi connectivity index (χ2v) is 5.48. The van der Waals surface area contributed by atoms with Gasteiger partial charge in [0.05, 0.1) is 16.4 Å². The number of halogens is 1. The van der Waals surface area contributed by atoms with Gasteiger partial charge in [0, 0.05) is 20.1 Å². The average Bonchev–Trinajstić information content (AvgIpc) is 2.28. The van der Waals surface area contributed by atoms with Crippen molar-refractivity contribution >= 4 is 23.0 Å². The molecule has 0 spiro atoms. The van der Waals surface area contributed by atoms with Crippen LogP contribution < -0.4 is 10.2 Å². The van der Waals surface area contributed by atoms with Crippen molar-refractivity contribution in [2.75, 3.05) is 24.3 Å². The van der Waals surface area contributed by atoms with E-state index >= 15 is 0 Å². The van der Waals surface area contributed by atoms with Gasteiger partial charge in [0.2, 0.25) is 0 Å². The third-order valence-electron chi connectivity index (χ3n) is 3.08. The van der Waals surface area contributed by atoms with Crippen molar-refractivity contribution in [1.82, 2.24) is 0 Å². The fourth-order valence-electron chi connectivity index (χ4n) is 2.12. The summed E-state index contributed by atoms with van der Waals surface area (Å²) in [5.41, 5.74) is 2.19. The van der Waals surface area contributed by atoms with Gasteiger partial charge >= 0.3 is 0 Å². The van der Waals surface area contributed by atoms with Gasteiger partial charge in [-0.3, -0.25) is 0 Å². The number of hydrogen-bond acceptors (Lipinski definition) is 2. The molecular weight excluding hydrogens is 244 g/mol. The fourth-order valence-corrected chi connectivity index (χ4v) is 2.47. The van der Waals surface area contributed by atoms with Crippen molar-refractivity contribution in [3.63, 3.8) is 0 Å². The topological polar surface area (TPSA) is 15.3 Å². The van der Waals surface area contributed by atoms with Crippen molar-refractivity contribution < 1.29 is 0 Å². The molecule has 1 atom stereocenters. The zero-order valence-corrected chi connectivity index (χ0v) is 12.7. The van der Waals surface area contributed by atoms with Crippen molar-refractivity contribution in [2.45, 2.75) is 45.6 Å². The van der Waals surface area contributed by atoms with Gasteiger partial charge in [-0.2, -0.15) is 0 Å². The first-order valence-corrected chi connectivity index (χ1v) is 7.16. The Morgan fingerprint density at radius 1 is 1.28 bits per heavy atom. The zero-order chi connectivity index (χ0) is 13.5. The number of unbranched alkanes of at least 4 members (excludes halogenated alkanes) is 2. The van der Waals surface area contributed by atoms with Crippen LogP contribution in [0.25, 0.3) is 0 Å². The minimum atomic E-state index is 0.480. The molecule has 2 nitrogen and oxygen atoms in total. The van der Waals surface area contributed by atoms with Crippen LogP contribution in [-0.4, -0.2) is 20.1 Å². The van der Waals surface area contributed by atoms with E-state index in [-0.39, 0.29) is 0 Å². The summed E-state index contributed by atoms with van der Waals surface area (Å²) in [6.07, 6.45) is 5.06. The van der Waals surface area contributed by atoms with Crippen LogP contribution in [0.5, 0.6) is 0 Å². The van der Waals surface area contributed by atoms with E-state index in [1.165, 1.54) is 25.7 Å². The highest BCUT2D eigenvalue weighted by molar-refractivity contribution is 6.34. The molecule has 1 N–H and O–H groups in total. The number of para-hydroxylation sites is 1. The van der Waals surface area contributed by atoms with Crippen molar-refractivity contribution in [3.05, 3.63) is 23.2 Å². The molecule has 0 aliphatic carbocycles. The van der Waals surface area contributed by atoms with E-state index in [0.717, 1.165) is 16.4 Å². The van der Waals surface area contributed by atoms with E-state index in [0.29, 0.717) is 6.04 Å². The highest BCUT2D eigenvalue weighted by atomic mass is 35.5. The molecule has 1 aromatic carbocycles. The third kappa shape index (κ3) is 4.41. The van der Waals surface area contributed by atoms with Gasteiger partial charge in [0.15, 0.2) is 0 Å². The van der Waals surface area contributed by atoms with Crippen LogP contribution in [0.2, 0.25) is 5.02 Å². The molecule has 3 heteroatoms. The van der Waals surface area contributed by atoms with Gasteiger partial charge in [0.25, 0.3) is 0 Å². The summed E-state index contributed by atoms with van der Waals surface area (Å²) in [6, 6.07) is 6.51. The number of anilines is 2. The Balaban J connectivity index is 2.69. The minimum Gasteiger partial charge on any atom is -0.381 e. The minimum absolute atomic E-state index is 0.480. The summed E-state index contributed by atoms with van der Waals surface area (Å²) in [5, 5.41) is 4.36. The number of nitrogens with zero attached hydrogens (tertiary/aromatic N) is 1. The lowest BCUT2D eigenvalue weighted by Crippen LogP contribution is -2.18. The molecule has 0 saturated heterocycles. The van der Waals surface area contributed by atoms with Gasteiger partial charge in [-0.1, -0.05) is 43.9 Å². The van der Waals surface area contributed by atoms with Gasteiger partial charge in [0.1, 0.15) is 0 Å². The first-order chi connectivity index (χ1) is 8.56. The second-order valence-electron chi connectivity index (χ2n) is 5.07. The molecule has 0 bridgehead atoms. The van der Waals surface area contributed by atoms with E-state index in [9.17, 15) is 0 Å². The number of rotatable bonds is 7. The molecule has 0 radical (unpaired) electrons. The lowest BCUT2D eigenvalue weighted by atomic mass is 10.1. The van der Waals surface area contributed by atoms with Crippen LogP contribution in [-0.2, 0) is 0 Å². The maximum Gasteiger partial charge on any atom is 0.0786 e. The van der Waals surface area contributed by atoms with E-state index in [1.54, 1.807) is 0 Å². The SMILES string of the molecule is CCCCCC(C)Nc1cccc(Cl)c1N(C)C. The summed E-state index contributed by atoms with van der Waals surface area (Å²) >= 11 is 6.25. The number of benzene rings is 1. The number of hydrogen-bond donors (Lipinski definition) is 1. The number of nitrogens with one attached hydrogen (secondary N) is 1.